The maximum absolute atomic E-state index is 13.1. The summed E-state index contributed by atoms with van der Waals surface area (Å²) < 4.78 is 7.70. The predicted molar refractivity (Wildman–Crippen MR) is 140 cm³/mol. The first-order chi connectivity index (χ1) is 17.9. The Morgan fingerprint density at radius 1 is 1.11 bits per heavy atom. The van der Waals surface area contributed by atoms with Crippen molar-refractivity contribution in [3.8, 4) is 5.82 Å². The van der Waals surface area contributed by atoms with E-state index in [2.05, 4.69) is 15.3 Å². The van der Waals surface area contributed by atoms with E-state index in [0.717, 1.165) is 23.8 Å². The number of fused-ring (bicyclic) bond motifs is 1. The molecule has 202 valence electrons. The highest BCUT2D eigenvalue weighted by Crippen LogP contribution is 2.36. The van der Waals surface area contributed by atoms with Crippen LogP contribution in [0.3, 0.4) is 0 Å². The molecule has 11 nitrogen and oxygen atoms in total. The van der Waals surface area contributed by atoms with Crippen molar-refractivity contribution >= 4 is 23.0 Å². The number of carboxylic acids is 1. The summed E-state index contributed by atoms with van der Waals surface area (Å²) in [5.74, 6) is -1.34. The molecule has 4 rings (SSSR count). The summed E-state index contributed by atoms with van der Waals surface area (Å²) in [5.41, 5.74) is -2.56. The van der Waals surface area contributed by atoms with Gasteiger partial charge in [0.1, 0.15) is 17.0 Å². The van der Waals surface area contributed by atoms with Gasteiger partial charge in [-0.05, 0) is 57.2 Å². The molecule has 0 saturated heterocycles. The average molecular weight is 524 g/mol. The van der Waals surface area contributed by atoms with E-state index < -0.39 is 34.5 Å². The van der Waals surface area contributed by atoms with Gasteiger partial charge >= 0.3 is 17.8 Å². The summed E-state index contributed by atoms with van der Waals surface area (Å²) in [6, 6.07) is 4.67. The normalized spacial score (nSPS) is 16.1. The summed E-state index contributed by atoms with van der Waals surface area (Å²) in [5, 5.41) is 13.4. The topological polar surface area (TPSA) is 145 Å². The zero-order chi connectivity index (χ0) is 27.7. The van der Waals surface area contributed by atoms with Crippen LogP contribution in [0.15, 0.2) is 46.4 Å². The Morgan fingerprint density at radius 2 is 1.82 bits per heavy atom. The standard InChI is InChI=1S/C27H33N5O6/c1-26(2,3)38-24(36)30-27(23(34)35,18-8-6-5-7-9-18)14-17-10-11-21(29-15-17)32-22(33)19-12-13-28-16-20(19)31(4)25(32)37/h10-13,15-16,18H,5-9,14H2,1-4H3,(H,30,36)(H,34,35)/t27-/m0/s1. The molecule has 0 aliphatic heterocycles. The number of ether oxygens (including phenoxy) is 1. The van der Waals surface area contributed by atoms with Crippen LogP contribution in [-0.2, 0) is 23.0 Å². The van der Waals surface area contributed by atoms with E-state index in [1.165, 1.54) is 35.3 Å². The van der Waals surface area contributed by atoms with E-state index in [-0.39, 0.29) is 18.2 Å². The molecule has 3 aromatic heterocycles. The quantitative estimate of drug-likeness (QED) is 0.502. The number of nitrogens with zero attached hydrogens (tertiary/aromatic N) is 4. The lowest BCUT2D eigenvalue weighted by Gasteiger charge is -2.40. The Morgan fingerprint density at radius 3 is 2.42 bits per heavy atom. The molecule has 3 aromatic rings. The summed E-state index contributed by atoms with van der Waals surface area (Å²) in [4.78, 5) is 59.9. The molecule has 1 saturated carbocycles. The van der Waals surface area contributed by atoms with E-state index >= 15 is 0 Å². The third-order valence-electron chi connectivity index (χ3n) is 7.00. The van der Waals surface area contributed by atoms with Gasteiger partial charge in [0.05, 0.1) is 17.1 Å². The first-order valence-corrected chi connectivity index (χ1v) is 12.7. The first-order valence-electron chi connectivity index (χ1n) is 12.7. The Labute approximate surface area is 219 Å². The number of aromatic nitrogens is 4. The SMILES string of the molecule is Cn1c(=O)n(-c2ccc(C[C@@](NC(=O)OC(C)(C)C)(C(=O)O)C3CCCCC3)cn2)c(=O)c2ccncc21. The molecule has 1 fully saturated rings. The van der Waals surface area contributed by atoms with Gasteiger partial charge in [0, 0.05) is 25.9 Å². The van der Waals surface area contributed by atoms with Gasteiger partial charge in [0.2, 0.25) is 0 Å². The van der Waals surface area contributed by atoms with Gasteiger partial charge < -0.3 is 15.2 Å². The smallest absolute Gasteiger partial charge is 0.408 e. The minimum absolute atomic E-state index is 0.0319. The molecule has 0 radical (unpaired) electrons. The zero-order valence-corrected chi connectivity index (χ0v) is 22.1. The summed E-state index contributed by atoms with van der Waals surface area (Å²) in [6.07, 6.45) is 7.61. The van der Waals surface area contributed by atoms with E-state index in [4.69, 9.17) is 4.74 Å². The van der Waals surface area contributed by atoms with Crippen LogP contribution < -0.4 is 16.6 Å². The number of alkyl carbamates (subject to hydrolysis) is 1. The highest BCUT2D eigenvalue weighted by Gasteiger charge is 2.48. The van der Waals surface area contributed by atoms with Crippen molar-refractivity contribution in [2.75, 3.05) is 0 Å². The third kappa shape index (κ3) is 5.32. The lowest BCUT2D eigenvalue weighted by Crippen LogP contribution is -2.62. The number of hydrogen-bond acceptors (Lipinski definition) is 7. The number of pyridine rings is 2. The molecular formula is C27H33N5O6. The van der Waals surface area contributed by atoms with Gasteiger partial charge in [-0.3, -0.25) is 14.3 Å². The first kappa shape index (κ1) is 27.0. The highest BCUT2D eigenvalue weighted by molar-refractivity contribution is 5.85. The number of hydrogen-bond donors (Lipinski definition) is 2. The van der Waals surface area contributed by atoms with Crippen molar-refractivity contribution in [2.45, 2.75) is 70.4 Å². The maximum atomic E-state index is 13.1. The van der Waals surface area contributed by atoms with Crippen LogP contribution in [0.2, 0.25) is 0 Å². The van der Waals surface area contributed by atoms with Gasteiger partial charge in [0.25, 0.3) is 5.56 Å². The number of carbonyl (C=O) groups excluding carboxylic acids is 1. The zero-order valence-electron chi connectivity index (χ0n) is 22.1. The van der Waals surface area contributed by atoms with Crippen molar-refractivity contribution in [3.63, 3.8) is 0 Å². The molecule has 0 bridgehead atoms. The van der Waals surface area contributed by atoms with Crippen LogP contribution in [0.25, 0.3) is 16.7 Å². The number of aliphatic carboxylic acids is 1. The van der Waals surface area contributed by atoms with E-state index in [0.29, 0.717) is 29.3 Å². The molecule has 3 heterocycles. The number of aryl methyl sites for hydroxylation is 1. The molecule has 11 heteroatoms. The van der Waals surface area contributed by atoms with Crippen LogP contribution in [-0.4, -0.2) is 47.4 Å². The summed E-state index contributed by atoms with van der Waals surface area (Å²) in [6.45, 7) is 5.15. The van der Waals surface area contributed by atoms with Gasteiger partial charge in [-0.25, -0.2) is 23.9 Å². The molecule has 1 amide bonds. The fourth-order valence-electron chi connectivity index (χ4n) is 5.15. The largest absolute Gasteiger partial charge is 0.479 e. The second kappa shape index (κ2) is 10.4. The van der Waals surface area contributed by atoms with Crippen molar-refractivity contribution < 1.29 is 19.4 Å². The average Bonchev–Trinajstić information content (AvgIpc) is 2.87. The van der Waals surface area contributed by atoms with Crippen LogP contribution in [0.1, 0.15) is 58.4 Å². The van der Waals surface area contributed by atoms with Crippen molar-refractivity contribution in [3.05, 3.63) is 63.2 Å². The number of carboxylic acid groups (broad SMARTS) is 1. The van der Waals surface area contributed by atoms with Gasteiger partial charge in [-0.15, -0.1) is 0 Å². The lowest BCUT2D eigenvalue weighted by atomic mass is 9.71. The predicted octanol–water partition coefficient (Wildman–Crippen LogP) is 2.95. The monoisotopic (exact) mass is 523 g/mol. The minimum atomic E-state index is -1.60. The lowest BCUT2D eigenvalue weighted by molar-refractivity contribution is -0.148. The highest BCUT2D eigenvalue weighted by atomic mass is 16.6. The van der Waals surface area contributed by atoms with E-state index in [9.17, 15) is 24.3 Å². The van der Waals surface area contributed by atoms with Crippen LogP contribution in [0, 0.1) is 5.92 Å². The number of nitrogens with one attached hydrogen (secondary N) is 1. The van der Waals surface area contributed by atoms with E-state index in [1.807, 2.05) is 0 Å². The van der Waals surface area contributed by atoms with Crippen LogP contribution in [0.5, 0.6) is 0 Å². The third-order valence-corrected chi connectivity index (χ3v) is 7.00. The molecule has 0 unspecified atom stereocenters. The van der Waals surface area contributed by atoms with Crippen molar-refractivity contribution in [2.24, 2.45) is 13.0 Å². The van der Waals surface area contributed by atoms with Crippen LogP contribution >= 0.6 is 0 Å². The molecule has 1 aliphatic rings. The Bertz CT molecular complexity index is 1460. The van der Waals surface area contributed by atoms with Gasteiger partial charge in [-0.2, -0.15) is 0 Å². The molecule has 0 spiro atoms. The molecule has 1 atom stereocenters. The molecule has 1 aliphatic carbocycles. The van der Waals surface area contributed by atoms with E-state index in [1.54, 1.807) is 33.9 Å². The molecular weight excluding hydrogens is 490 g/mol. The Kier molecular flexibility index (Phi) is 7.39. The molecule has 2 N–H and O–H groups in total. The maximum Gasteiger partial charge on any atom is 0.408 e. The van der Waals surface area contributed by atoms with Gasteiger partial charge in [0.15, 0.2) is 0 Å². The summed E-state index contributed by atoms with van der Waals surface area (Å²) in [7, 11) is 1.55. The summed E-state index contributed by atoms with van der Waals surface area (Å²) >= 11 is 0. The Hall–Kier alpha value is -4.02. The number of rotatable bonds is 6. The fourth-order valence-corrected chi connectivity index (χ4v) is 5.15. The van der Waals surface area contributed by atoms with Crippen molar-refractivity contribution in [1.82, 2.24) is 24.4 Å². The minimum Gasteiger partial charge on any atom is -0.479 e. The second-order valence-electron chi connectivity index (χ2n) is 10.8. The Balaban J connectivity index is 1.72. The number of amides is 1. The number of carbonyl (C=O) groups is 2. The fraction of sp³-hybridized carbons (Fsp3) is 0.481. The second-order valence-corrected chi connectivity index (χ2v) is 10.8. The molecule has 0 aromatic carbocycles. The van der Waals surface area contributed by atoms with Crippen molar-refractivity contribution in [1.29, 1.82) is 0 Å². The van der Waals surface area contributed by atoms with Crippen LogP contribution in [0.4, 0.5) is 4.79 Å². The molecule has 38 heavy (non-hydrogen) atoms. The van der Waals surface area contributed by atoms with Gasteiger partial charge in [-0.1, -0.05) is 25.3 Å².